The van der Waals surface area contributed by atoms with Crippen molar-refractivity contribution in [1.82, 2.24) is 25.5 Å². The summed E-state index contributed by atoms with van der Waals surface area (Å²) in [5.41, 5.74) is 1.18. The van der Waals surface area contributed by atoms with E-state index in [1.165, 1.54) is 18.5 Å². The molecule has 1 fully saturated rings. The zero-order valence-corrected chi connectivity index (χ0v) is 19.7. The summed E-state index contributed by atoms with van der Waals surface area (Å²) >= 11 is 6.01. The van der Waals surface area contributed by atoms with Crippen molar-refractivity contribution in [2.45, 2.75) is 45.7 Å². The normalized spacial score (nSPS) is 20.5. The molecule has 2 aromatic heterocycles. The molecule has 10 heteroatoms. The van der Waals surface area contributed by atoms with Gasteiger partial charge in [0.2, 0.25) is 5.91 Å². The Morgan fingerprint density at radius 3 is 2.94 bits per heavy atom. The maximum Gasteiger partial charge on any atom is 0.243 e. The molecule has 33 heavy (non-hydrogen) atoms. The zero-order chi connectivity index (χ0) is 23.5. The molecule has 176 valence electrons. The van der Waals surface area contributed by atoms with Crippen LogP contribution in [0.25, 0.3) is 11.0 Å². The van der Waals surface area contributed by atoms with Gasteiger partial charge in [-0.3, -0.25) is 9.89 Å². The number of fused-ring (bicyclic) bond motifs is 1. The molecule has 1 aliphatic rings. The number of aromatic amines is 1. The smallest absolute Gasteiger partial charge is 0.243 e. The highest BCUT2D eigenvalue weighted by Gasteiger charge is 2.32. The van der Waals surface area contributed by atoms with Gasteiger partial charge in [0, 0.05) is 29.8 Å². The number of aromatic nitrogens is 4. The summed E-state index contributed by atoms with van der Waals surface area (Å²) in [6.45, 7) is 7.64. The molecule has 0 aliphatic carbocycles. The van der Waals surface area contributed by atoms with Crippen molar-refractivity contribution in [1.29, 1.82) is 0 Å². The minimum atomic E-state index is -0.518. The van der Waals surface area contributed by atoms with Crippen molar-refractivity contribution in [2.24, 2.45) is 11.8 Å². The Balaban J connectivity index is 1.50. The molecule has 1 saturated heterocycles. The predicted octanol–water partition coefficient (Wildman–Crippen LogP) is 4.00. The van der Waals surface area contributed by atoms with Crippen LogP contribution in [-0.4, -0.2) is 51.2 Å². The molecule has 0 spiro atoms. The molecule has 4 atom stereocenters. The molecule has 0 bridgehead atoms. The number of rotatable bonds is 7. The number of nitrogens with one attached hydrogen (secondary N) is 3. The first-order chi connectivity index (χ1) is 15.9. The van der Waals surface area contributed by atoms with Crippen LogP contribution in [0.1, 0.15) is 33.6 Å². The number of amides is 1. The summed E-state index contributed by atoms with van der Waals surface area (Å²) in [4.78, 5) is 24.2. The first-order valence-electron chi connectivity index (χ1n) is 11.3. The highest BCUT2D eigenvalue weighted by molar-refractivity contribution is 6.30. The number of H-pyrrole nitrogens is 1. The topological polar surface area (TPSA) is 98.8 Å². The molecule has 3 aromatic rings. The molecule has 0 unspecified atom stereocenters. The maximum absolute atomic E-state index is 13.8. The van der Waals surface area contributed by atoms with E-state index in [-0.39, 0.29) is 22.9 Å². The van der Waals surface area contributed by atoms with Crippen LogP contribution in [0.5, 0.6) is 0 Å². The number of benzene rings is 1. The molecule has 1 amide bonds. The number of hydrogen-bond donors (Lipinski definition) is 3. The van der Waals surface area contributed by atoms with Crippen LogP contribution < -0.4 is 15.5 Å². The number of hydrogen-bond acceptors (Lipinski definition) is 6. The number of carbonyl (C=O) groups is 1. The van der Waals surface area contributed by atoms with E-state index < -0.39 is 11.9 Å². The van der Waals surface area contributed by atoms with Crippen LogP contribution >= 0.6 is 11.6 Å². The summed E-state index contributed by atoms with van der Waals surface area (Å²) < 4.78 is 13.8. The zero-order valence-electron chi connectivity index (χ0n) is 19.0. The quantitative estimate of drug-likeness (QED) is 0.479. The summed E-state index contributed by atoms with van der Waals surface area (Å²) in [5, 5.41) is 14.5. The van der Waals surface area contributed by atoms with Crippen LogP contribution in [0.3, 0.4) is 0 Å². The number of halogens is 2. The number of nitrogens with zero attached hydrogens (tertiary/aromatic N) is 4. The molecule has 3 heterocycles. The van der Waals surface area contributed by atoms with Crippen LogP contribution in [0.2, 0.25) is 5.02 Å². The van der Waals surface area contributed by atoms with Gasteiger partial charge in [0.05, 0.1) is 11.6 Å². The van der Waals surface area contributed by atoms with Gasteiger partial charge < -0.3 is 15.5 Å². The van der Waals surface area contributed by atoms with Gasteiger partial charge in [-0.25, -0.2) is 14.4 Å². The summed E-state index contributed by atoms with van der Waals surface area (Å²) in [5.74, 6) is 0.591. The highest BCUT2D eigenvalue weighted by atomic mass is 35.5. The van der Waals surface area contributed by atoms with E-state index in [4.69, 9.17) is 11.6 Å². The third-order valence-corrected chi connectivity index (χ3v) is 6.71. The fourth-order valence-electron chi connectivity index (χ4n) is 4.24. The number of anilines is 2. The maximum atomic E-state index is 13.8. The molecular formula is C23H29ClFN7O. The van der Waals surface area contributed by atoms with Gasteiger partial charge in [-0.15, -0.1) is 0 Å². The van der Waals surface area contributed by atoms with Gasteiger partial charge in [-0.05, 0) is 36.5 Å². The predicted molar refractivity (Wildman–Crippen MR) is 128 cm³/mol. The van der Waals surface area contributed by atoms with Crippen LogP contribution in [0.4, 0.5) is 15.9 Å². The fraction of sp³-hybridized carbons (Fsp3) is 0.478. The Hall–Kier alpha value is -2.94. The lowest BCUT2D eigenvalue weighted by atomic mass is 9.91. The Bertz CT molecular complexity index is 1100. The van der Waals surface area contributed by atoms with E-state index in [0.717, 1.165) is 30.6 Å². The van der Waals surface area contributed by atoms with Crippen molar-refractivity contribution in [3.63, 3.8) is 0 Å². The van der Waals surface area contributed by atoms with Gasteiger partial charge in [0.1, 0.15) is 24.0 Å². The average Bonchev–Trinajstić information content (AvgIpc) is 3.27. The van der Waals surface area contributed by atoms with E-state index in [2.05, 4.69) is 42.6 Å². The Morgan fingerprint density at radius 1 is 1.36 bits per heavy atom. The van der Waals surface area contributed by atoms with Crippen molar-refractivity contribution >= 4 is 40.0 Å². The first kappa shape index (κ1) is 23.2. The third kappa shape index (κ3) is 5.19. The number of carbonyl (C=O) groups excluding carboxylic acids is 1. The van der Waals surface area contributed by atoms with E-state index >= 15 is 0 Å². The van der Waals surface area contributed by atoms with Crippen molar-refractivity contribution < 1.29 is 9.18 Å². The summed E-state index contributed by atoms with van der Waals surface area (Å²) in [6, 6.07) is 3.64. The molecule has 0 saturated carbocycles. The molecule has 8 nitrogen and oxygen atoms in total. The second-order valence-corrected chi connectivity index (χ2v) is 9.26. The fourth-order valence-corrected chi connectivity index (χ4v) is 4.47. The standard InChI is InChI=1S/C23H29ClFN7O/c1-4-13(2)20(29-17-8-15(24)7-16(25)9-17)23(33)30-19-11-32(6-5-14(19)3)22-18-10-28-31-21(18)26-12-27-22/h7-10,12-14,19-20,29H,4-6,11H2,1-3H3,(H,30,33)(H,26,27,28,31)/t13-,14-,19-,20+/m0/s1. The lowest BCUT2D eigenvalue weighted by Crippen LogP contribution is -2.56. The molecule has 1 aliphatic heterocycles. The molecule has 0 radical (unpaired) electrons. The van der Waals surface area contributed by atoms with E-state index in [9.17, 15) is 9.18 Å². The lowest BCUT2D eigenvalue weighted by Gasteiger charge is -2.39. The van der Waals surface area contributed by atoms with Gasteiger partial charge >= 0.3 is 0 Å². The van der Waals surface area contributed by atoms with Crippen molar-refractivity contribution in [2.75, 3.05) is 23.3 Å². The largest absolute Gasteiger partial charge is 0.373 e. The number of piperidine rings is 1. The van der Waals surface area contributed by atoms with E-state index in [0.29, 0.717) is 23.8 Å². The van der Waals surface area contributed by atoms with Gasteiger partial charge in [0.25, 0.3) is 0 Å². The van der Waals surface area contributed by atoms with Crippen LogP contribution in [0.15, 0.2) is 30.7 Å². The molecular weight excluding hydrogens is 445 g/mol. The second kappa shape index (κ2) is 9.91. The van der Waals surface area contributed by atoms with Crippen LogP contribution in [0, 0.1) is 17.7 Å². The van der Waals surface area contributed by atoms with Gasteiger partial charge in [-0.2, -0.15) is 5.10 Å². The Labute approximate surface area is 197 Å². The third-order valence-electron chi connectivity index (χ3n) is 6.49. The van der Waals surface area contributed by atoms with Gasteiger partial charge in [-0.1, -0.05) is 38.8 Å². The Morgan fingerprint density at radius 2 is 2.18 bits per heavy atom. The van der Waals surface area contributed by atoms with E-state index in [1.54, 1.807) is 12.3 Å². The van der Waals surface area contributed by atoms with Crippen molar-refractivity contribution in [3.8, 4) is 0 Å². The lowest BCUT2D eigenvalue weighted by molar-refractivity contribution is -0.123. The molecule has 4 rings (SSSR count). The first-order valence-corrected chi connectivity index (χ1v) is 11.7. The van der Waals surface area contributed by atoms with Crippen molar-refractivity contribution in [3.05, 3.63) is 41.6 Å². The second-order valence-electron chi connectivity index (χ2n) is 8.82. The van der Waals surface area contributed by atoms with Gasteiger partial charge in [0.15, 0.2) is 5.65 Å². The highest BCUT2D eigenvalue weighted by Crippen LogP contribution is 2.27. The minimum absolute atomic E-state index is 0.0365. The van der Waals surface area contributed by atoms with Crippen LogP contribution in [-0.2, 0) is 4.79 Å². The summed E-state index contributed by atoms with van der Waals surface area (Å²) in [6.07, 6.45) is 4.95. The minimum Gasteiger partial charge on any atom is -0.373 e. The SMILES string of the molecule is CC[C@H](C)[C@@H](Nc1cc(F)cc(Cl)c1)C(=O)N[C@H]1CN(c2ncnc3[nH]ncc23)CC[C@@H]1C. The average molecular weight is 474 g/mol. The monoisotopic (exact) mass is 473 g/mol. The van der Waals surface area contributed by atoms with E-state index in [1.807, 2.05) is 13.8 Å². The molecule has 3 N–H and O–H groups in total. The molecule has 1 aromatic carbocycles. The Kier molecular flexibility index (Phi) is 6.97. The summed E-state index contributed by atoms with van der Waals surface area (Å²) in [7, 11) is 0.